The predicted molar refractivity (Wildman–Crippen MR) is 323 cm³/mol. The van der Waals surface area contributed by atoms with Gasteiger partial charge in [0.25, 0.3) is 5.91 Å². The summed E-state index contributed by atoms with van der Waals surface area (Å²) in [5.74, 6) is -0.820. The van der Waals surface area contributed by atoms with Crippen LogP contribution in [-0.4, -0.2) is 75.5 Å². The first-order valence-electron chi connectivity index (χ1n) is 27.1. The molecule has 0 fully saturated rings. The summed E-state index contributed by atoms with van der Waals surface area (Å²) in [6.45, 7) is 31.6. The summed E-state index contributed by atoms with van der Waals surface area (Å²) in [6.07, 6.45) is 3.52. The molecule has 0 radical (unpaired) electrons. The molecule has 6 rings (SSSR count). The number of anilines is 2. The maximum Gasteiger partial charge on any atom is 0.427 e. The number of hydrogen-bond donors (Lipinski definition) is 6. The number of H-pyrrole nitrogens is 1. The zero-order valence-corrected chi connectivity index (χ0v) is 60.2. The molecule has 0 spiro atoms. The summed E-state index contributed by atoms with van der Waals surface area (Å²) < 4.78 is 11.7. The van der Waals surface area contributed by atoms with Crippen molar-refractivity contribution in [2.45, 2.75) is 148 Å². The molecule has 1 heterocycles. The van der Waals surface area contributed by atoms with Crippen molar-refractivity contribution < 1.29 is 106 Å². The summed E-state index contributed by atoms with van der Waals surface area (Å²) in [5, 5.41) is 15.6. The number of carbonyl (C=O) groups excluding carboxylic acids is 7. The summed E-state index contributed by atoms with van der Waals surface area (Å²) in [4.78, 5) is 94.8. The average molecular weight is 1670 g/mol. The van der Waals surface area contributed by atoms with Crippen molar-refractivity contribution in [1.82, 2.24) is 36.1 Å². The van der Waals surface area contributed by atoms with Gasteiger partial charge in [-0.25, -0.2) is 20.0 Å². The number of hydrogen-bond acceptors (Lipinski definition) is 12. The molecule has 0 bridgehead atoms. The third kappa shape index (κ3) is 36.7. The Bertz CT molecular complexity index is 2790. The van der Waals surface area contributed by atoms with Crippen molar-refractivity contribution >= 4 is 54.4 Å². The van der Waals surface area contributed by atoms with E-state index >= 15 is 0 Å². The summed E-state index contributed by atoms with van der Waals surface area (Å²) >= 11 is 0. The Morgan fingerprint density at radius 2 is 1.02 bits per heavy atom. The van der Waals surface area contributed by atoms with Crippen molar-refractivity contribution in [3.8, 4) is 17.1 Å². The van der Waals surface area contributed by atoms with Crippen LogP contribution in [0.3, 0.4) is 0 Å². The quantitative estimate of drug-likeness (QED) is 0.0117. The van der Waals surface area contributed by atoms with Gasteiger partial charge in [-0.1, -0.05) is 166 Å². The first-order chi connectivity index (χ1) is 38.9. The summed E-state index contributed by atoms with van der Waals surface area (Å²) in [7, 11) is 0. The van der Waals surface area contributed by atoms with E-state index < -0.39 is 29.6 Å². The van der Waals surface area contributed by atoms with Gasteiger partial charge in [0.15, 0.2) is 11.6 Å². The van der Waals surface area contributed by atoms with Crippen molar-refractivity contribution in [3.63, 3.8) is 0 Å². The number of carbonyl (C=O) groups is 4. The van der Waals surface area contributed by atoms with E-state index in [-0.39, 0.29) is 93.7 Å². The second-order valence-corrected chi connectivity index (χ2v) is 17.2. The van der Waals surface area contributed by atoms with E-state index in [0.29, 0.717) is 41.4 Å². The second kappa shape index (κ2) is 50.7. The largest absolute Gasteiger partial charge is 0.526 e. The fourth-order valence-corrected chi connectivity index (χ4v) is 6.19. The maximum absolute atomic E-state index is 12.9. The first-order valence-corrected chi connectivity index (χ1v) is 27.1. The van der Waals surface area contributed by atoms with Crippen LogP contribution in [0.4, 0.5) is 16.2 Å². The predicted octanol–water partition coefficient (Wildman–Crippen LogP) is 11.0. The van der Waals surface area contributed by atoms with Gasteiger partial charge in [-0.3, -0.25) is 19.4 Å². The molecular weight excluding hydrogens is 1580 g/mol. The van der Waals surface area contributed by atoms with Crippen LogP contribution in [0.5, 0.6) is 0 Å². The van der Waals surface area contributed by atoms with Crippen LogP contribution in [-0.2, 0) is 116 Å². The van der Waals surface area contributed by atoms with E-state index in [9.17, 15) is 38.4 Å². The van der Waals surface area contributed by atoms with Crippen molar-refractivity contribution in [2.24, 2.45) is 0 Å². The molecule has 6 aromatic rings. The van der Waals surface area contributed by atoms with E-state index in [0.717, 1.165) is 27.4 Å². The minimum absolute atomic E-state index is 0. The van der Waals surface area contributed by atoms with Gasteiger partial charge in [0, 0.05) is 99.6 Å². The molecule has 22 heteroatoms. The Morgan fingerprint density at radius 3 is 1.51 bits per heavy atom. The molecule has 84 heavy (non-hydrogen) atoms. The second-order valence-electron chi connectivity index (χ2n) is 17.2. The molecule has 5 amide bonds. The monoisotopic (exact) mass is 1670 g/mol. The van der Waals surface area contributed by atoms with E-state index in [2.05, 4.69) is 36.8 Å². The number of nitrogens with one attached hydrogen (secondary N) is 6. The summed E-state index contributed by atoms with van der Waals surface area (Å²) in [5.41, 5.74) is 6.28. The van der Waals surface area contributed by atoms with Gasteiger partial charge >= 0.3 is 17.8 Å². The molecule has 460 valence electrons. The Hall–Kier alpha value is -6.81. The van der Waals surface area contributed by atoms with Gasteiger partial charge < -0.3 is 45.1 Å². The Kier molecular flexibility index (Phi) is 51.9. The first kappa shape index (κ1) is 86.0. The van der Waals surface area contributed by atoms with Crippen LogP contribution in [0, 0.1) is 0 Å². The molecule has 5 aromatic carbocycles. The van der Waals surface area contributed by atoms with Gasteiger partial charge in [0.2, 0.25) is 0 Å². The zero-order valence-electron chi connectivity index (χ0n) is 51.4. The molecule has 0 saturated carbocycles. The molecule has 0 atom stereocenters. The molecule has 0 aliphatic rings. The number of Topliss-reactive ketones (excluding diaryl/α,β-unsaturated/α-hetero) is 1. The zero-order chi connectivity index (χ0) is 61.8. The van der Waals surface area contributed by atoms with Crippen LogP contribution in [0.2, 0.25) is 0 Å². The minimum Gasteiger partial charge on any atom is -0.526 e. The Morgan fingerprint density at radius 1 is 0.571 bits per heavy atom. The van der Waals surface area contributed by atoms with Crippen LogP contribution < -0.4 is 37.4 Å². The van der Waals surface area contributed by atoms with E-state index in [1.807, 2.05) is 151 Å². The Labute approximate surface area is 541 Å². The van der Waals surface area contributed by atoms with Crippen LogP contribution in [0.15, 0.2) is 138 Å². The van der Waals surface area contributed by atoms with Gasteiger partial charge in [0.1, 0.15) is 17.7 Å². The fraction of sp³-hybridized carbons (Fsp3) is 0.371. The van der Waals surface area contributed by atoms with Crippen molar-refractivity contribution in [1.29, 1.82) is 0 Å². The van der Waals surface area contributed by atoms with Crippen LogP contribution >= 0.6 is 0 Å². The number of aromatic amines is 1. The number of amides is 5. The standard InChI is InChI=1S/C22H24N3O5.C16H13N4O2.C14H19N2O3.5C2H6.3W/c1-22(2,3)30-21(29)24-25(18-11-7-8-16(12-18)14-23-15-26)20(28)13-19(27)17-9-5-4-6-10-17;21-11-17-10-12-5-4-8-14(9-12)20-16(22)18-15(19-20)13-6-2-1-3-7-13;1-14(2,3)19-13(18)9-16-12-6-4-5-11(7-12)8-15-10-17;5*1-2;;;/h4-12H,13-14H2,1-3H3,(H,23,26)(H,24,29);1-9H,10H2,(H,17,21)(H,18,19,22);4-7,16H,8-9H2,1-3H3,(H,15,17);5*1-2H3;;;/q3*-1;;;;;;;;. The molecule has 19 nitrogen and oxygen atoms in total. The van der Waals surface area contributed by atoms with Gasteiger partial charge in [-0.15, -0.1) is 5.10 Å². The number of ketones is 1. The van der Waals surface area contributed by atoms with E-state index in [4.69, 9.17) is 9.47 Å². The van der Waals surface area contributed by atoms with Gasteiger partial charge in [-0.05, 0) is 94.6 Å². The number of rotatable bonds is 18. The van der Waals surface area contributed by atoms with Crippen LogP contribution in [0.25, 0.3) is 17.1 Å². The molecule has 0 unspecified atom stereocenters. The molecule has 0 aliphatic carbocycles. The number of nitrogens with zero attached hydrogens (tertiary/aromatic N) is 3. The van der Waals surface area contributed by atoms with E-state index in [1.54, 1.807) is 113 Å². The topological polar surface area (TPSA) is 252 Å². The third-order valence-electron chi connectivity index (χ3n) is 9.13. The SMILES string of the molecule is CC.CC.CC.CC.CC.CC(C)(C)OC(=O)CNc1cccc(CN[C-]=O)c1.CC(C)(C)OC(=O)NN(C(=O)CC(=O)c1ccccc1)c1cccc(CN[C-]=O)c1.O=[C-]NCc1cccc(-n2nc(-c3ccccc3)[nH]c2=O)c1.[W].[W].[W]. The normalized spacial score (nSPS) is 9.29. The smallest absolute Gasteiger partial charge is 0.427 e. The number of benzene rings is 5. The Balaban J connectivity index is -0.000000346. The van der Waals surface area contributed by atoms with Crippen molar-refractivity contribution in [3.05, 3.63) is 166 Å². The molecule has 0 saturated heterocycles. The summed E-state index contributed by atoms with van der Waals surface area (Å²) in [6, 6.07) is 39.1. The number of esters is 1. The molecule has 0 aliphatic heterocycles. The molecule has 6 N–H and O–H groups in total. The molecular formula is C62H86N9O10W3-3. The van der Waals surface area contributed by atoms with Crippen LogP contribution in [0.1, 0.15) is 144 Å². The maximum atomic E-state index is 12.9. The van der Waals surface area contributed by atoms with Gasteiger partial charge in [0.05, 0.1) is 17.8 Å². The van der Waals surface area contributed by atoms with Gasteiger partial charge in [-0.2, -0.15) is 23.9 Å². The minimum atomic E-state index is -0.840. The average Bonchev–Trinajstić information content (AvgIpc) is 4.09. The fourth-order valence-electron chi connectivity index (χ4n) is 6.19. The van der Waals surface area contributed by atoms with E-state index in [1.165, 1.54) is 4.68 Å². The number of hydrazine groups is 1. The molecule has 1 aromatic heterocycles. The number of ether oxygens (including phenoxy) is 2. The number of aromatic nitrogens is 3. The third-order valence-corrected chi connectivity index (χ3v) is 9.13. The van der Waals surface area contributed by atoms with Crippen molar-refractivity contribution in [2.75, 3.05) is 16.9 Å².